The van der Waals surface area contributed by atoms with Gasteiger partial charge in [0.05, 0.1) is 13.2 Å². The number of ether oxygens (including phenoxy) is 1. The van der Waals surface area contributed by atoms with Gasteiger partial charge in [-0.1, -0.05) is 48.0 Å². The van der Waals surface area contributed by atoms with Crippen LogP contribution in [0.25, 0.3) is 0 Å². The fourth-order valence-electron chi connectivity index (χ4n) is 2.18. The van der Waals surface area contributed by atoms with Gasteiger partial charge in [0, 0.05) is 22.7 Å². The minimum Gasteiger partial charge on any atom is -0.496 e. The van der Waals surface area contributed by atoms with Crippen LogP contribution in [-0.2, 0) is 4.79 Å². The van der Waals surface area contributed by atoms with Gasteiger partial charge in [-0.05, 0) is 12.1 Å². The Bertz CT molecular complexity index is 677. The van der Waals surface area contributed by atoms with E-state index in [0.717, 1.165) is 0 Å². The first kappa shape index (κ1) is 17.3. The molecule has 0 heterocycles. The Kier molecular flexibility index (Phi) is 5.98. The number of hydrogen-bond acceptors (Lipinski definition) is 4. The molecule has 122 valence electrons. The van der Waals surface area contributed by atoms with Crippen LogP contribution in [0.15, 0.2) is 48.5 Å². The minimum absolute atomic E-state index is 0.0548. The van der Waals surface area contributed by atoms with Crippen molar-refractivity contribution in [1.29, 1.82) is 0 Å². The largest absolute Gasteiger partial charge is 0.496 e. The number of amides is 1. The van der Waals surface area contributed by atoms with E-state index in [9.17, 15) is 15.0 Å². The third kappa shape index (κ3) is 4.22. The van der Waals surface area contributed by atoms with Crippen molar-refractivity contribution < 1.29 is 19.7 Å². The molecule has 0 bridgehead atoms. The number of aliphatic hydroxyl groups excluding tert-OH is 2. The van der Waals surface area contributed by atoms with Crippen LogP contribution in [-0.4, -0.2) is 29.8 Å². The van der Waals surface area contributed by atoms with Crippen LogP contribution in [0, 0.1) is 0 Å². The molecule has 0 saturated carbocycles. The summed E-state index contributed by atoms with van der Waals surface area (Å²) in [6.07, 6.45) is -2.35. The Morgan fingerprint density at radius 2 is 1.74 bits per heavy atom. The number of carbonyl (C=O) groups excluding carboxylic acids is 1. The number of aliphatic hydroxyl groups is 2. The maximum atomic E-state index is 12.0. The van der Waals surface area contributed by atoms with Gasteiger partial charge in [-0.15, -0.1) is 0 Å². The standard InChI is InChI=1S/C17H18ClNO4/c1-23-15-9-5-3-7-12(15)14(20)10-19-17(22)16(21)11-6-2-4-8-13(11)18/h2-9,14,16,20-21H,10H2,1H3,(H,19,22)/t14-,16+/m0/s1. The Morgan fingerprint density at radius 1 is 1.13 bits per heavy atom. The minimum atomic E-state index is -1.39. The summed E-state index contributed by atoms with van der Waals surface area (Å²) < 4.78 is 5.17. The summed E-state index contributed by atoms with van der Waals surface area (Å²) >= 11 is 5.96. The lowest BCUT2D eigenvalue weighted by Crippen LogP contribution is -2.33. The SMILES string of the molecule is COc1ccccc1[C@@H](O)CNC(=O)[C@H](O)c1ccccc1Cl. The van der Waals surface area contributed by atoms with Crippen LogP contribution >= 0.6 is 11.6 Å². The molecule has 0 radical (unpaired) electrons. The van der Waals surface area contributed by atoms with Crippen molar-refractivity contribution in [2.45, 2.75) is 12.2 Å². The first-order chi connectivity index (χ1) is 11.0. The molecule has 0 aliphatic rings. The van der Waals surface area contributed by atoms with Crippen LogP contribution < -0.4 is 10.1 Å². The van der Waals surface area contributed by atoms with Crippen LogP contribution in [0.2, 0.25) is 5.02 Å². The van der Waals surface area contributed by atoms with Gasteiger partial charge >= 0.3 is 0 Å². The van der Waals surface area contributed by atoms with E-state index in [1.54, 1.807) is 48.5 Å². The van der Waals surface area contributed by atoms with Crippen LogP contribution in [0.3, 0.4) is 0 Å². The predicted octanol–water partition coefficient (Wildman–Crippen LogP) is 2.23. The molecule has 0 fully saturated rings. The second kappa shape index (κ2) is 7.97. The predicted molar refractivity (Wildman–Crippen MR) is 87.4 cm³/mol. The highest BCUT2D eigenvalue weighted by Gasteiger charge is 2.21. The van der Waals surface area contributed by atoms with Gasteiger partial charge < -0.3 is 20.3 Å². The molecular weight excluding hydrogens is 318 g/mol. The molecule has 6 heteroatoms. The van der Waals surface area contributed by atoms with Crippen molar-refractivity contribution in [2.75, 3.05) is 13.7 Å². The zero-order valence-electron chi connectivity index (χ0n) is 12.6. The summed E-state index contributed by atoms with van der Waals surface area (Å²) in [7, 11) is 1.51. The van der Waals surface area contributed by atoms with Gasteiger partial charge in [0.25, 0.3) is 5.91 Å². The maximum absolute atomic E-state index is 12.0. The van der Waals surface area contributed by atoms with E-state index in [-0.39, 0.29) is 6.54 Å². The quantitative estimate of drug-likeness (QED) is 0.756. The summed E-state index contributed by atoms with van der Waals surface area (Å²) in [4.78, 5) is 12.0. The number of para-hydroxylation sites is 1. The lowest BCUT2D eigenvalue weighted by atomic mass is 10.1. The maximum Gasteiger partial charge on any atom is 0.253 e. The molecule has 2 aromatic rings. The second-order valence-electron chi connectivity index (χ2n) is 4.93. The van der Waals surface area contributed by atoms with Crippen molar-refractivity contribution >= 4 is 17.5 Å². The van der Waals surface area contributed by atoms with E-state index in [1.165, 1.54) is 7.11 Å². The van der Waals surface area contributed by atoms with Crippen LogP contribution in [0.4, 0.5) is 0 Å². The molecule has 0 aliphatic carbocycles. The average molecular weight is 336 g/mol. The molecule has 0 spiro atoms. The van der Waals surface area contributed by atoms with E-state index >= 15 is 0 Å². The fraction of sp³-hybridized carbons (Fsp3) is 0.235. The number of rotatable bonds is 6. The summed E-state index contributed by atoms with van der Waals surface area (Å²) in [5, 5.41) is 23.0. The van der Waals surface area contributed by atoms with E-state index in [2.05, 4.69) is 5.32 Å². The molecule has 2 aromatic carbocycles. The molecular formula is C17H18ClNO4. The highest BCUT2D eigenvalue weighted by atomic mass is 35.5. The van der Waals surface area contributed by atoms with Crippen molar-refractivity contribution in [3.05, 3.63) is 64.7 Å². The molecule has 3 N–H and O–H groups in total. The summed E-state index contributed by atoms with van der Waals surface area (Å²) in [5.74, 6) is -0.104. The molecule has 0 aliphatic heterocycles. The van der Waals surface area contributed by atoms with Crippen molar-refractivity contribution in [1.82, 2.24) is 5.32 Å². The summed E-state index contributed by atoms with van der Waals surface area (Å²) in [5.41, 5.74) is 0.876. The molecule has 23 heavy (non-hydrogen) atoms. The van der Waals surface area contributed by atoms with Gasteiger partial charge in [0.2, 0.25) is 0 Å². The van der Waals surface area contributed by atoms with Gasteiger partial charge in [-0.3, -0.25) is 4.79 Å². The second-order valence-corrected chi connectivity index (χ2v) is 5.33. The molecule has 1 amide bonds. The zero-order chi connectivity index (χ0) is 16.8. The monoisotopic (exact) mass is 335 g/mol. The van der Waals surface area contributed by atoms with Gasteiger partial charge in [-0.25, -0.2) is 0 Å². The molecule has 5 nitrogen and oxygen atoms in total. The van der Waals surface area contributed by atoms with Crippen molar-refractivity contribution in [3.63, 3.8) is 0 Å². The molecule has 0 aromatic heterocycles. The van der Waals surface area contributed by atoms with Gasteiger partial charge in [-0.2, -0.15) is 0 Å². The van der Waals surface area contributed by atoms with E-state index < -0.39 is 18.1 Å². The zero-order valence-corrected chi connectivity index (χ0v) is 13.3. The molecule has 2 rings (SSSR count). The number of benzene rings is 2. The topological polar surface area (TPSA) is 78.8 Å². The lowest BCUT2D eigenvalue weighted by molar-refractivity contribution is -0.130. The van der Waals surface area contributed by atoms with Crippen molar-refractivity contribution in [3.8, 4) is 5.75 Å². The third-order valence-corrected chi connectivity index (χ3v) is 3.76. The summed E-state index contributed by atoms with van der Waals surface area (Å²) in [6.45, 7) is -0.0548. The van der Waals surface area contributed by atoms with Gasteiger partial charge in [0.15, 0.2) is 6.10 Å². The smallest absolute Gasteiger partial charge is 0.253 e. The van der Waals surface area contributed by atoms with E-state index in [1.807, 2.05) is 0 Å². The Morgan fingerprint density at radius 3 is 2.39 bits per heavy atom. The van der Waals surface area contributed by atoms with E-state index in [4.69, 9.17) is 16.3 Å². The number of carbonyl (C=O) groups is 1. The van der Waals surface area contributed by atoms with Crippen LogP contribution in [0.5, 0.6) is 5.75 Å². The summed E-state index contributed by atoms with van der Waals surface area (Å²) in [6, 6.07) is 13.5. The third-order valence-electron chi connectivity index (χ3n) is 3.42. The van der Waals surface area contributed by atoms with E-state index in [0.29, 0.717) is 21.9 Å². The Hall–Kier alpha value is -2.08. The highest BCUT2D eigenvalue weighted by molar-refractivity contribution is 6.31. The Labute approximate surface area is 139 Å². The lowest BCUT2D eigenvalue weighted by Gasteiger charge is -2.17. The normalized spacial score (nSPS) is 13.2. The highest BCUT2D eigenvalue weighted by Crippen LogP contribution is 2.25. The average Bonchev–Trinajstić information content (AvgIpc) is 2.59. The number of nitrogens with one attached hydrogen (secondary N) is 1. The van der Waals surface area contributed by atoms with Crippen molar-refractivity contribution in [2.24, 2.45) is 0 Å². The fourth-order valence-corrected chi connectivity index (χ4v) is 2.42. The first-order valence-electron chi connectivity index (χ1n) is 7.05. The van der Waals surface area contributed by atoms with Crippen LogP contribution in [0.1, 0.15) is 23.3 Å². The molecule has 0 saturated heterocycles. The Balaban J connectivity index is 2.00. The number of halogens is 1. The van der Waals surface area contributed by atoms with Gasteiger partial charge in [0.1, 0.15) is 5.75 Å². The number of methoxy groups -OCH3 is 1. The molecule has 0 unspecified atom stereocenters. The number of hydrogen-bond donors (Lipinski definition) is 3. The molecule has 2 atom stereocenters. The first-order valence-corrected chi connectivity index (χ1v) is 7.43.